The van der Waals surface area contributed by atoms with E-state index in [1.807, 2.05) is 30.3 Å². The molecule has 0 saturated carbocycles. The number of carbonyl (C=O) groups excluding carboxylic acids is 2. The van der Waals surface area contributed by atoms with Crippen LogP contribution in [-0.2, 0) is 4.79 Å². The van der Waals surface area contributed by atoms with Crippen LogP contribution in [0.3, 0.4) is 0 Å². The Labute approximate surface area is 194 Å². The number of benzene rings is 3. The first-order chi connectivity index (χ1) is 15.5. The number of hydrogen-bond donors (Lipinski definition) is 0. The smallest absolute Gasteiger partial charge is 0.293 e. The van der Waals surface area contributed by atoms with E-state index in [9.17, 15) is 9.59 Å². The largest absolute Gasteiger partial charge is 0.497 e. The van der Waals surface area contributed by atoms with Gasteiger partial charge in [-0.2, -0.15) is 0 Å². The van der Waals surface area contributed by atoms with E-state index >= 15 is 0 Å². The second-order valence-electron chi connectivity index (χ2n) is 6.88. The van der Waals surface area contributed by atoms with Crippen molar-refractivity contribution >= 4 is 51.4 Å². The van der Waals surface area contributed by atoms with E-state index in [0.717, 1.165) is 22.5 Å². The third-order valence-electron chi connectivity index (χ3n) is 5.01. The van der Waals surface area contributed by atoms with Crippen molar-refractivity contribution in [2.75, 3.05) is 27.4 Å². The summed E-state index contributed by atoms with van der Waals surface area (Å²) in [7, 11) is 3.16. The summed E-state index contributed by atoms with van der Waals surface area (Å²) < 4.78 is 16.5. The minimum absolute atomic E-state index is 0.119. The van der Waals surface area contributed by atoms with E-state index in [1.165, 1.54) is 4.90 Å². The van der Waals surface area contributed by atoms with Gasteiger partial charge in [-0.05, 0) is 58.9 Å². The second-order valence-corrected chi connectivity index (χ2v) is 8.28. The molecule has 0 atom stereocenters. The van der Waals surface area contributed by atoms with Gasteiger partial charge in [0, 0.05) is 5.56 Å². The highest BCUT2D eigenvalue weighted by molar-refractivity contribution is 8.18. The minimum atomic E-state index is -0.371. The number of para-hydroxylation sites is 1. The van der Waals surface area contributed by atoms with E-state index < -0.39 is 0 Å². The van der Waals surface area contributed by atoms with Crippen LogP contribution in [0.5, 0.6) is 17.2 Å². The molecule has 3 aromatic carbocycles. The standard InChI is InChI=1S/C24H20ClNO5S/c1-29-16-9-7-15-8-10-20(30-2)18(17(15)13-16)14-22-23(27)26(24(28)32-22)11-12-31-21-6-4-3-5-19(21)25/h3-10,13-14H,11-12H2,1-2H3/b22-14-. The van der Waals surface area contributed by atoms with Crippen molar-refractivity contribution in [1.29, 1.82) is 0 Å². The van der Waals surface area contributed by atoms with E-state index in [-0.39, 0.29) is 24.3 Å². The molecule has 0 radical (unpaired) electrons. The van der Waals surface area contributed by atoms with Crippen molar-refractivity contribution in [3.63, 3.8) is 0 Å². The number of methoxy groups -OCH3 is 2. The van der Waals surface area contributed by atoms with Crippen LogP contribution in [0.1, 0.15) is 5.56 Å². The van der Waals surface area contributed by atoms with Crippen molar-refractivity contribution in [3.05, 3.63) is 70.1 Å². The fourth-order valence-electron chi connectivity index (χ4n) is 3.39. The third kappa shape index (κ3) is 4.40. The van der Waals surface area contributed by atoms with Crippen LogP contribution >= 0.6 is 23.4 Å². The van der Waals surface area contributed by atoms with Crippen LogP contribution < -0.4 is 14.2 Å². The Morgan fingerprint density at radius 3 is 2.53 bits per heavy atom. The van der Waals surface area contributed by atoms with Gasteiger partial charge in [-0.15, -0.1) is 0 Å². The van der Waals surface area contributed by atoms with Gasteiger partial charge in [0.1, 0.15) is 23.9 Å². The number of amides is 2. The summed E-state index contributed by atoms with van der Waals surface area (Å²) >= 11 is 6.98. The van der Waals surface area contributed by atoms with E-state index in [1.54, 1.807) is 44.6 Å². The Bertz CT molecular complexity index is 1220. The number of rotatable bonds is 7. The maximum Gasteiger partial charge on any atom is 0.293 e. The lowest BCUT2D eigenvalue weighted by Crippen LogP contribution is -2.32. The van der Waals surface area contributed by atoms with Crippen LogP contribution in [0.4, 0.5) is 4.79 Å². The summed E-state index contributed by atoms with van der Waals surface area (Å²) in [5, 5.41) is 1.95. The number of fused-ring (bicyclic) bond motifs is 1. The number of thioether (sulfide) groups is 1. The molecule has 0 N–H and O–H groups in total. The van der Waals surface area contributed by atoms with Crippen molar-refractivity contribution in [1.82, 2.24) is 4.90 Å². The summed E-state index contributed by atoms with van der Waals surface area (Å²) in [4.78, 5) is 27.0. The molecule has 0 spiro atoms. The molecule has 32 heavy (non-hydrogen) atoms. The van der Waals surface area contributed by atoms with Gasteiger partial charge < -0.3 is 14.2 Å². The van der Waals surface area contributed by atoms with Gasteiger partial charge in [-0.1, -0.05) is 35.9 Å². The van der Waals surface area contributed by atoms with Crippen molar-refractivity contribution in [2.45, 2.75) is 0 Å². The van der Waals surface area contributed by atoms with Crippen molar-refractivity contribution in [2.24, 2.45) is 0 Å². The SMILES string of the molecule is COc1ccc2ccc(OC)c(/C=C3\SC(=O)N(CCOc4ccccc4Cl)C3=O)c2c1. The van der Waals surface area contributed by atoms with Gasteiger partial charge in [-0.3, -0.25) is 14.5 Å². The molecule has 1 heterocycles. The topological polar surface area (TPSA) is 65.1 Å². The average Bonchev–Trinajstić information content (AvgIpc) is 3.07. The zero-order valence-electron chi connectivity index (χ0n) is 17.5. The number of imide groups is 1. The Hall–Kier alpha value is -3.16. The molecule has 2 amide bonds. The molecule has 6 nitrogen and oxygen atoms in total. The minimum Gasteiger partial charge on any atom is -0.497 e. The highest BCUT2D eigenvalue weighted by Gasteiger charge is 2.35. The maximum absolute atomic E-state index is 13.0. The average molecular weight is 470 g/mol. The molecule has 164 valence electrons. The quantitative estimate of drug-likeness (QED) is 0.418. The predicted octanol–water partition coefficient (Wildman–Crippen LogP) is 5.63. The Balaban J connectivity index is 1.58. The molecule has 0 aromatic heterocycles. The van der Waals surface area contributed by atoms with Crippen LogP contribution in [0.25, 0.3) is 16.8 Å². The molecule has 3 aromatic rings. The lowest BCUT2D eigenvalue weighted by molar-refractivity contribution is -0.123. The lowest BCUT2D eigenvalue weighted by atomic mass is 10.0. The van der Waals surface area contributed by atoms with Gasteiger partial charge in [0.25, 0.3) is 11.1 Å². The van der Waals surface area contributed by atoms with E-state index in [4.69, 9.17) is 25.8 Å². The molecule has 1 saturated heterocycles. The first-order valence-electron chi connectivity index (χ1n) is 9.79. The van der Waals surface area contributed by atoms with Gasteiger partial charge in [0.15, 0.2) is 0 Å². The van der Waals surface area contributed by atoms with Crippen LogP contribution in [0.15, 0.2) is 59.5 Å². The van der Waals surface area contributed by atoms with Gasteiger partial charge >= 0.3 is 0 Å². The Morgan fingerprint density at radius 2 is 1.78 bits per heavy atom. The van der Waals surface area contributed by atoms with Crippen molar-refractivity contribution in [3.8, 4) is 17.2 Å². The molecule has 0 bridgehead atoms. The third-order valence-corrected chi connectivity index (χ3v) is 6.23. The van der Waals surface area contributed by atoms with E-state index in [2.05, 4.69) is 0 Å². The number of ether oxygens (including phenoxy) is 3. The van der Waals surface area contributed by atoms with E-state index in [0.29, 0.717) is 32.7 Å². The molecule has 1 fully saturated rings. The van der Waals surface area contributed by atoms with Crippen LogP contribution in [-0.4, -0.2) is 43.4 Å². The number of carbonyl (C=O) groups is 2. The van der Waals surface area contributed by atoms with Gasteiger partial charge in [0.05, 0.1) is 30.7 Å². The lowest BCUT2D eigenvalue weighted by Gasteiger charge is -2.14. The summed E-state index contributed by atoms with van der Waals surface area (Å²) in [6, 6.07) is 16.5. The van der Waals surface area contributed by atoms with Crippen LogP contribution in [0, 0.1) is 0 Å². The second kappa shape index (κ2) is 9.54. The number of nitrogens with zero attached hydrogens (tertiary/aromatic N) is 1. The molecule has 0 aliphatic carbocycles. The van der Waals surface area contributed by atoms with Crippen molar-refractivity contribution < 1.29 is 23.8 Å². The molecule has 8 heteroatoms. The summed E-state index contributed by atoms with van der Waals surface area (Å²) in [6.45, 7) is 0.261. The fraction of sp³-hybridized carbons (Fsp3) is 0.167. The highest BCUT2D eigenvalue weighted by atomic mass is 35.5. The fourth-order valence-corrected chi connectivity index (χ4v) is 4.43. The number of halogens is 1. The summed E-state index contributed by atoms with van der Waals surface area (Å²) in [5.41, 5.74) is 0.710. The predicted molar refractivity (Wildman–Crippen MR) is 127 cm³/mol. The first kappa shape index (κ1) is 22.0. The normalized spacial score (nSPS) is 15.0. The Kier molecular flexibility index (Phi) is 6.58. The molecule has 1 aliphatic heterocycles. The summed E-state index contributed by atoms with van der Waals surface area (Å²) in [5.74, 6) is 1.42. The van der Waals surface area contributed by atoms with Gasteiger partial charge in [-0.25, -0.2) is 0 Å². The molecule has 4 rings (SSSR count). The summed E-state index contributed by atoms with van der Waals surface area (Å²) in [6.07, 6.45) is 1.69. The molecule has 1 aliphatic rings. The monoisotopic (exact) mass is 469 g/mol. The zero-order chi connectivity index (χ0) is 22.7. The molecule has 0 unspecified atom stereocenters. The Morgan fingerprint density at radius 1 is 1.00 bits per heavy atom. The maximum atomic E-state index is 13.0. The van der Waals surface area contributed by atoms with Crippen LogP contribution in [0.2, 0.25) is 5.02 Å². The molecular formula is C24H20ClNO5S. The first-order valence-corrected chi connectivity index (χ1v) is 11.0. The number of hydrogen-bond acceptors (Lipinski definition) is 6. The highest BCUT2D eigenvalue weighted by Crippen LogP contribution is 2.37. The molecular weight excluding hydrogens is 450 g/mol. The van der Waals surface area contributed by atoms with Gasteiger partial charge in [0.2, 0.25) is 0 Å². The zero-order valence-corrected chi connectivity index (χ0v) is 19.0.